The maximum atomic E-state index is 12.4. The van der Waals surface area contributed by atoms with Crippen LogP contribution in [0, 0.1) is 0 Å². The number of para-hydroxylation sites is 1. The van der Waals surface area contributed by atoms with Crippen molar-refractivity contribution in [2.75, 3.05) is 11.4 Å². The first-order valence-electron chi connectivity index (χ1n) is 7.28. The number of nitrogens with one attached hydrogen (secondary N) is 1. The molecular weight excluding hydrogens is 292 g/mol. The molecule has 116 valence electrons. The molecule has 0 saturated carbocycles. The Bertz CT molecular complexity index is 754. The highest BCUT2D eigenvalue weighted by Gasteiger charge is 2.35. The fraction of sp³-hybridized carbons (Fsp3) is 0.111. The highest BCUT2D eigenvalue weighted by Crippen LogP contribution is 2.24. The zero-order valence-electron chi connectivity index (χ0n) is 12.4. The number of aliphatic hydroxyl groups excluding tert-OH is 1. The van der Waals surface area contributed by atoms with Crippen molar-refractivity contribution in [2.45, 2.75) is 6.54 Å². The lowest BCUT2D eigenvalue weighted by atomic mass is 10.2. The van der Waals surface area contributed by atoms with Crippen molar-refractivity contribution >= 4 is 17.5 Å². The summed E-state index contributed by atoms with van der Waals surface area (Å²) in [6.07, 6.45) is 0. The van der Waals surface area contributed by atoms with E-state index in [1.807, 2.05) is 36.4 Å². The molecule has 23 heavy (non-hydrogen) atoms. The Morgan fingerprint density at radius 3 is 2.30 bits per heavy atom. The molecule has 1 heterocycles. The smallest absolute Gasteiger partial charge is 0.267 e. The summed E-state index contributed by atoms with van der Waals surface area (Å²) in [5, 5.41) is 12.7. The summed E-state index contributed by atoms with van der Waals surface area (Å²) in [5.41, 5.74) is 1.38. The van der Waals surface area contributed by atoms with Crippen LogP contribution in [0.1, 0.15) is 5.56 Å². The van der Waals surface area contributed by atoms with E-state index in [-0.39, 0.29) is 17.9 Å². The number of hydrogen-bond donors (Lipinski definition) is 2. The summed E-state index contributed by atoms with van der Waals surface area (Å²) in [7, 11) is 0. The second-order valence-electron chi connectivity index (χ2n) is 5.22. The van der Waals surface area contributed by atoms with E-state index in [1.54, 1.807) is 24.3 Å². The Kier molecular flexibility index (Phi) is 4.10. The van der Waals surface area contributed by atoms with Crippen molar-refractivity contribution in [3.05, 3.63) is 77.6 Å². The van der Waals surface area contributed by atoms with E-state index >= 15 is 0 Å². The predicted molar refractivity (Wildman–Crippen MR) is 86.7 cm³/mol. The summed E-state index contributed by atoms with van der Waals surface area (Å²) in [6.45, 7) is 0.312. The molecule has 0 aliphatic carbocycles. The van der Waals surface area contributed by atoms with Gasteiger partial charge in [-0.1, -0.05) is 48.5 Å². The molecular formula is C18H16N2O3. The van der Waals surface area contributed by atoms with Gasteiger partial charge in [-0.15, -0.1) is 0 Å². The zero-order valence-corrected chi connectivity index (χ0v) is 12.4. The van der Waals surface area contributed by atoms with Gasteiger partial charge in [0.2, 0.25) is 0 Å². The van der Waals surface area contributed by atoms with Gasteiger partial charge in [0, 0.05) is 12.2 Å². The summed E-state index contributed by atoms with van der Waals surface area (Å²) < 4.78 is 0. The maximum absolute atomic E-state index is 12.4. The van der Waals surface area contributed by atoms with Crippen LogP contribution in [0.4, 0.5) is 5.69 Å². The van der Waals surface area contributed by atoms with Crippen LogP contribution in [0.2, 0.25) is 0 Å². The van der Waals surface area contributed by atoms with Crippen molar-refractivity contribution in [3.63, 3.8) is 0 Å². The first kappa shape index (κ1) is 14.8. The minimum atomic E-state index is -0.560. The minimum Gasteiger partial charge on any atom is -0.509 e. The van der Waals surface area contributed by atoms with Crippen molar-refractivity contribution in [1.29, 1.82) is 0 Å². The van der Waals surface area contributed by atoms with Gasteiger partial charge in [-0.25, -0.2) is 0 Å². The van der Waals surface area contributed by atoms with Gasteiger partial charge in [0.15, 0.2) is 0 Å². The Hall–Kier alpha value is -3.08. The maximum Gasteiger partial charge on any atom is 0.267 e. The summed E-state index contributed by atoms with van der Waals surface area (Å²) in [5.74, 6) is -1.25. The molecule has 0 fully saturated rings. The molecule has 0 bridgehead atoms. The third-order valence-corrected chi connectivity index (χ3v) is 3.65. The fourth-order valence-corrected chi connectivity index (χ4v) is 2.47. The van der Waals surface area contributed by atoms with Crippen LogP contribution in [0.3, 0.4) is 0 Å². The van der Waals surface area contributed by atoms with Crippen molar-refractivity contribution in [3.8, 4) is 0 Å². The lowest BCUT2D eigenvalue weighted by molar-refractivity contribution is -0.122. The van der Waals surface area contributed by atoms with Gasteiger partial charge in [0.1, 0.15) is 11.3 Å². The standard InChI is InChI=1S/C18H16N2O3/c21-15-12-20(14-9-5-2-6-10-14)18(23)16(15)17(22)19-11-13-7-3-1-4-8-13/h1-10,21H,11-12H2,(H,19,22). The van der Waals surface area contributed by atoms with Crippen LogP contribution in [-0.2, 0) is 16.1 Å². The SMILES string of the molecule is O=C(NCc1ccccc1)C1=C(O)CN(c2ccccc2)C1=O. The number of carbonyl (C=O) groups is 2. The van der Waals surface area contributed by atoms with E-state index in [1.165, 1.54) is 4.90 Å². The van der Waals surface area contributed by atoms with Crippen LogP contribution >= 0.6 is 0 Å². The normalized spacial score (nSPS) is 14.3. The second kappa shape index (κ2) is 6.36. The molecule has 0 aromatic heterocycles. The minimum absolute atomic E-state index is 0.0109. The Morgan fingerprint density at radius 1 is 1.04 bits per heavy atom. The molecule has 2 aromatic rings. The van der Waals surface area contributed by atoms with Crippen LogP contribution in [0.5, 0.6) is 0 Å². The lowest BCUT2D eigenvalue weighted by Gasteiger charge is -2.15. The third kappa shape index (κ3) is 3.08. The largest absolute Gasteiger partial charge is 0.509 e. The molecule has 0 spiro atoms. The third-order valence-electron chi connectivity index (χ3n) is 3.65. The first-order valence-corrected chi connectivity index (χ1v) is 7.28. The number of hydrogen-bond acceptors (Lipinski definition) is 3. The Morgan fingerprint density at radius 2 is 1.65 bits per heavy atom. The van der Waals surface area contributed by atoms with Crippen LogP contribution in [-0.4, -0.2) is 23.5 Å². The Labute approximate surface area is 133 Å². The molecule has 0 radical (unpaired) electrons. The van der Waals surface area contributed by atoms with E-state index in [2.05, 4.69) is 5.32 Å². The molecule has 1 aliphatic heterocycles. The second-order valence-corrected chi connectivity index (χ2v) is 5.22. The molecule has 3 rings (SSSR count). The van der Waals surface area contributed by atoms with Crippen LogP contribution in [0.25, 0.3) is 0 Å². The van der Waals surface area contributed by atoms with E-state index in [4.69, 9.17) is 0 Å². The van der Waals surface area contributed by atoms with Gasteiger partial charge < -0.3 is 15.3 Å². The van der Waals surface area contributed by atoms with E-state index in [0.717, 1.165) is 5.56 Å². The van der Waals surface area contributed by atoms with Gasteiger partial charge in [0.05, 0.1) is 6.54 Å². The number of nitrogens with zero attached hydrogens (tertiary/aromatic N) is 1. The molecule has 2 N–H and O–H groups in total. The number of carbonyl (C=O) groups excluding carboxylic acids is 2. The van der Waals surface area contributed by atoms with Gasteiger partial charge in [-0.05, 0) is 17.7 Å². The lowest BCUT2D eigenvalue weighted by Crippen LogP contribution is -2.33. The quantitative estimate of drug-likeness (QED) is 0.850. The predicted octanol–water partition coefficient (Wildman–Crippen LogP) is 2.16. The molecule has 0 saturated heterocycles. The number of rotatable bonds is 4. The number of aliphatic hydroxyl groups is 1. The molecule has 5 nitrogen and oxygen atoms in total. The number of benzene rings is 2. The van der Waals surface area contributed by atoms with Crippen molar-refractivity contribution in [1.82, 2.24) is 5.32 Å². The van der Waals surface area contributed by atoms with Gasteiger partial charge in [-0.2, -0.15) is 0 Å². The first-order chi connectivity index (χ1) is 11.2. The van der Waals surface area contributed by atoms with Crippen molar-refractivity contribution < 1.29 is 14.7 Å². The van der Waals surface area contributed by atoms with Crippen LogP contribution in [0.15, 0.2) is 72.0 Å². The Balaban J connectivity index is 1.71. The molecule has 5 heteroatoms. The monoisotopic (exact) mass is 308 g/mol. The molecule has 2 aromatic carbocycles. The van der Waals surface area contributed by atoms with Gasteiger partial charge in [-0.3, -0.25) is 9.59 Å². The van der Waals surface area contributed by atoms with E-state index in [9.17, 15) is 14.7 Å². The summed E-state index contributed by atoms with van der Waals surface area (Å²) in [6, 6.07) is 18.3. The fourth-order valence-electron chi connectivity index (χ4n) is 2.47. The molecule has 2 amide bonds. The van der Waals surface area contributed by atoms with E-state index < -0.39 is 11.8 Å². The van der Waals surface area contributed by atoms with Crippen LogP contribution < -0.4 is 10.2 Å². The van der Waals surface area contributed by atoms with Gasteiger partial charge in [0.25, 0.3) is 11.8 Å². The average Bonchev–Trinajstić information content (AvgIpc) is 2.89. The summed E-state index contributed by atoms with van der Waals surface area (Å²) in [4.78, 5) is 26.0. The van der Waals surface area contributed by atoms with Crippen molar-refractivity contribution in [2.24, 2.45) is 0 Å². The molecule has 0 atom stereocenters. The zero-order chi connectivity index (χ0) is 16.2. The highest BCUT2D eigenvalue weighted by atomic mass is 16.3. The molecule has 0 unspecified atom stereocenters. The highest BCUT2D eigenvalue weighted by molar-refractivity contribution is 6.26. The van der Waals surface area contributed by atoms with E-state index in [0.29, 0.717) is 12.2 Å². The van der Waals surface area contributed by atoms with Gasteiger partial charge >= 0.3 is 0 Å². The summed E-state index contributed by atoms with van der Waals surface area (Å²) >= 11 is 0. The topological polar surface area (TPSA) is 69.6 Å². The molecule has 1 aliphatic rings. The number of anilines is 1. The number of amides is 2. The average molecular weight is 308 g/mol.